The fraction of sp³-hybridized carbons (Fsp3) is 1.00. The van der Waals surface area contributed by atoms with Gasteiger partial charge in [-0.2, -0.15) is 13.2 Å². The highest BCUT2D eigenvalue weighted by Gasteiger charge is 2.41. The van der Waals surface area contributed by atoms with Gasteiger partial charge >= 0.3 is 6.18 Å². The predicted octanol–water partition coefficient (Wildman–Crippen LogP) is 0.414. The molecule has 3 N–H and O–H groups in total. The standard InChI is InChI=1S/C8H14F3NO2/c9-8(10,11)6(14)4-12-7(5-13)2-1-3-7/h6,12-14H,1-5H2. The number of rotatable bonds is 4. The van der Waals surface area contributed by atoms with E-state index in [-0.39, 0.29) is 6.61 Å². The van der Waals surface area contributed by atoms with E-state index in [1.54, 1.807) is 0 Å². The van der Waals surface area contributed by atoms with Gasteiger partial charge in [-0.3, -0.25) is 0 Å². The number of β-amino-alcohol motifs (C(OH)–C–C–N with tert-alkyl or cyclic N) is 1. The monoisotopic (exact) mass is 213 g/mol. The van der Waals surface area contributed by atoms with Crippen molar-refractivity contribution < 1.29 is 23.4 Å². The molecule has 0 aromatic heterocycles. The summed E-state index contributed by atoms with van der Waals surface area (Å²) in [6, 6.07) is 0. The van der Waals surface area contributed by atoms with Crippen molar-refractivity contribution in [3.63, 3.8) is 0 Å². The van der Waals surface area contributed by atoms with Gasteiger partial charge in [0.25, 0.3) is 0 Å². The molecular weight excluding hydrogens is 199 g/mol. The zero-order chi connectivity index (χ0) is 10.8. The van der Waals surface area contributed by atoms with Crippen molar-refractivity contribution >= 4 is 0 Å². The third-order valence-electron chi connectivity index (χ3n) is 2.66. The van der Waals surface area contributed by atoms with Crippen molar-refractivity contribution in [2.45, 2.75) is 37.1 Å². The maximum absolute atomic E-state index is 11.9. The van der Waals surface area contributed by atoms with E-state index in [0.29, 0.717) is 12.8 Å². The van der Waals surface area contributed by atoms with Gasteiger partial charge in [-0.15, -0.1) is 0 Å². The molecule has 1 saturated carbocycles. The molecule has 1 atom stereocenters. The number of hydrogen-bond acceptors (Lipinski definition) is 3. The van der Waals surface area contributed by atoms with E-state index in [9.17, 15) is 13.2 Å². The Bertz CT molecular complexity index is 186. The lowest BCUT2D eigenvalue weighted by atomic mass is 9.77. The highest BCUT2D eigenvalue weighted by atomic mass is 19.4. The Hall–Kier alpha value is -0.330. The van der Waals surface area contributed by atoms with Crippen LogP contribution in [0.2, 0.25) is 0 Å². The van der Waals surface area contributed by atoms with Crippen LogP contribution in [-0.2, 0) is 0 Å². The summed E-state index contributed by atoms with van der Waals surface area (Å²) in [6.07, 6.45) is -4.72. The highest BCUT2D eigenvalue weighted by Crippen LogP contribution is 2.31. The summed E-state index contributed by atoms with van der Waals surface area (Å²) >= 11 is 0. The molecular formula is C8H14F3NO2. The lowest BCUT2D eigenvalue weighted by molar-refractivity contribution is -0.203. The Kier molecular flexibility index (Phi) is 3.39. The van der Waals surface area contributed by atoms with Crippen LogP contribution in [-0.4, -0.2) is 41.2 Å². The summed E-state index contributed by atoms with van der Waals surface area (Å²) in [5.41, 5.74) is -0.591. The second-order valence-corrected chi connectivity index (χ2v) is 3.73. The van der Waals surface area contributed by atoms with Crippen LogP contribution in [0, 0.1) is 0 Å². The summed E-state index contributed by atoms with van der Waals surface area (Å²) < 4.78 is 35.7. The molecule has 0 aliphatic heterocycles. The van der Waals surface area contributed by atoms with Crippen LogP contribution in [0.15, 0.2) is 0 Å². The maximum atomic E-state index is 11.9. The summed E-state index contributed by atoms with van der Waals surface area (Å²) in [6.45, 7) is -0.734. The molecule has 1 aliphatic rings. The topological polar surface area (TPSA) is 52.5 Å². The molecule has 0 amide bonds. The zero-order valence-corrected chi connectivity index (χ0v) is 7.64. The third-order valence-corrected chi connectivity index (χ3v) is 2.66. The van der Waals surface area contributed by atoms with Gasteiger partial charge in [0.15, 0.2) is 6.10 Å². The highest BCUT2D eigenvalue weighted by molar-refractivity contribution is 4.96. The molecule has 3 nitrogen and oxygen atoms in total. The molecule has 0 aromatic carbocycles. The van der Waals surface area contributed by atoms with E-state index in [1.165, 1.54) is 0 Å². The maximum Gasteiger partial charge on any atom is 0.415 e. The van der Waals surface area contributed by atoms with E-state index in [0.717, 1.165) is 6.42 Å². The lowest BCUT2D eigenvalue weighted by Crippen LogP contribution is -2.57. The number of aliphatic hydroxyl groups excluding tert-OH is 2. The van der Waals surface area contributed by atoms with Crippen molar-refractivity contribution in [2.24, 2.45) is 0 Å². The van der Waals surface area contributed by atoms with Gasteiger partial charge in [0, 0.05) is 12.1 Å². The Morgan fingerprint density at radius 3 is 2.21 bits per heavy atom. The van der Waals surface area contributed by atoms with E-state index < -0.39 is 24.4 Å². The quantitative estimate of drug-likeness (QED) is 0.634. The molecule has 0 saturated heterocycles. The largest absolute Gasteiger partial charge is 0.415 e. The number of hydrogen-bond donors (Lipinski definition) is 3. The SMILES string of the molecule is OCC1(NCC(O)C(F)(F)F)CCC1. The fourth-order valence-electron chi connectivity index (χ4n) is 1.42. The van der Waals surface area contributed by atoms with Crippen molar-refractivity contribution in [1.29, 1.82) is 0 Å². The summed E-state index contributed by atoms with van der Waals surface area (Å²) in [4.78, 5) is 0. The van der Waals surface area contributed by atoms with Gasteiger partial charge in [0.05, 0.1) is 6.61 Å². The van der Waals surface area contributed by atoms with Crippen LogP contribution in [0.1, 0.15) is 19.3 Å². The first-order valence-electron chi connectivity index (χ1n) is 4.50. The molecule has 14 heavy (non-hydrogen) atoms. The number of alkyl halides is 3. The lowest BCUT2D eigenvalue weighted by Gasteiger charge is -2.41. The summed E-state index contributed by atoms with van der Waals surface area (Å²) in [7, 11) is 0. The average Bonchev–Trinajstić information content (AvgIpc) is 2.01. The van der Waals surface area contributed by atoms with E-state index in [1.807, 2.05) is 0 Å². The van der Waals surface area contributed by atoms with Gasteiger partial charge < -0.3 is 15.5 Å². The van der Waals surface area contributed by atoms with Crippen LogP contribution in [0.5, 0.6) is 0 Å². The van der Waals surface area contributed by atoms with Gasteiger partial charge in [0.2, 0.25) is 0 Å². The molecule has 0 spiro atoms. The minimum atomic E-state index is -4.59. The van der Waals surface area contributed by atoms with E-state index >= 15 is 0 Å². The summed E-state index contributed by atoms with van der Waals surface area (Å²) in [5.74, 6) is 0. The predicted molar refractivity (Wildman–Crippen MR) is 43.7 cm³/mol. The van der Waals surface area contributed by atoms with Gasteiger partial charge in [-0.25, -0.2) is 0 Å². The van der Waals surface area contributed by atoms with Gasteiger partial charge in [-0.1, -0.05) is 0 Å². The molecule has 6 heteroatoms. The van der Waals surface area contributed by atoms with Crippen LogP contribution in [0.4, 0.5) is 13.2 Å². The first-order valence-corrected chi connectivity index (χ1v) is 4.50. The Balaban J connectivity index is 2.32. The molecule has 0 heterocycles. The normalized spacial score (nSPS) is 22.9. The van der Waals surface area contributed by atoms with Crippen molar-refractivity contribution in [3.8, 4) is 0 Å². The van der Waals surface area contributed by atoms with Crippen LogP contribution in [0.3, 0.4) is 0 Å². The number of halogens is 3. The summed E-state index contributed by atoms with van der Waals surface area (Å²) in [5, 5.41) is 20.2. The Labute approximate surface area is 79.9 Å². The van der Waals surface area contributed by atoms with Crippen molar-refractivity contribution in [2.75, 3.05) is 13.2 Å². The number of aliphatic hydroxyl groups is 2. The minimum absolute atomic E-state index is 0.183. The van der Waals surface area contributed by atoms with Crippen molar-refractivity contribution in [1.82, 2.24) is 5.32 Å². The van der Waals surface area contributed by atoms with Gasteiger partial charge in [-0.05, 0) is 19.3 Å². The van der Waals surface area contributed by atoms with E-state index in [2.05, 4.69) is 5.32 Å². The average molecular weight is 213 g/mol. The Morgan fingerprint density at radius 2 is 1.93 bits per heavy atom. The molecule has 1 fully saturated rings. The minimum Gasteiger partial charge on any atom is -0.394 e. The second-order valence-electron chi connectivity index (χ2n) is 3.73. The van der Waals surface area contributed by atoms with Gasteiger partial charge in [0.1, 0.15) is 0 Å². The fourth-order valence-corrected chi connectivity index (χ4v) is 1.42. The first-order chi connectivity index (χ1) is 6.40. The molecule has 1 rings (SSSR count). The molecule has 1 unspecified atom stereocenters. The molecule has 1 aliphatic carbocycles. The second kappa shape index (κ2) is 4.04. The molecule has 0 radical (unpaired) electrons. The molecule has 0 bridgehead atoms. The van der Waals surface area contributed by atoms with Crippen LogP contribution < -0.4 is 5.32 Å². The first kappa shape index (κ1) is 11.7. The molecule has 0 aromatic rings. The van der Waals surface area contributed by atoms with E-state index in [4.69, 9.17) is 10.2 Å². The Morgan fingerprint density at radius 1 is 1.36 bits per heavy atom. The molecule has 84 valence electrons. The smallest absolute Gasteiger partial charge is 0.394 e. The third kappa shape index (κ3) is 2.59. The van der Waals surface area contributed by atoms with Crippen LogP contribution in [0.25, 0.3) is 0 Å². The van der Waals surface area contributed by atoms with Crippen molar-refractivity contribution in [3.05, 3.63) is 0 Å². The zero-order valence-electron chi connectivity index (χ0n) is 7.64. The number of nitrogens with one attached hydrogen (secondary N) is 1. The van der Waals surface area contributed by atoms with Crippen LogP contribution >= 0.6 is 0 Å².